The average molecular weight is 248 g/mol. The second-order valence-corrected chi connectivity index (χ2v) is 3.33. The van der Waals surface area contributed by atoms with Crippen molar-refractivity contribution in [2.75, 3.05) is 0 Å². The third-order valence-corrected chi connectivity index (χ3v) is 2.32. The Morgan fingerprint density at radius 3 is 2.39 bits per heavy atom. The van der Waals surface area contributed by atoms with E-state index < -0.39 is 0 Å². The van der Waals surface area contributed by atoms with Crippen molar-refractivity contribution in [3.05, 3.63) is 36.0 Å². The van der Waals surface area contributed by atoms with Crippen LogP contribution >= 0.6 is 0 Å². The van der Waals surface area contributed by atoms with Gasteiger partial charge < -0.3 is 10.7 Å². The minimum atomic E-state index is -0.254. The molecule has 0 saturated heterocycles. The van der Waals surface area contributed by atoms with Crippen LogP contribution in [0.2, 0.25) is 0 Å². The molecule has 0 spiro atoms. The van der Waals surface area contributed by atoms with Gasteiger partial charge in [-0.3, -0.25) is 4.79 Å². The molecule has 0 saturated carbocycles. The first-order chi connectivity index (χ1) is 8.77. The number of benzene rings is 1. The Bertz CT molecular complexity index is 460. The lowest BCUT2D eigenvalue weighted by molar-refractivity contribution is -0.117. The van der Waals surface area contributed by atoms with E-state index in [0.717, 1.165) is 11.1 Å². The number of fused-ring (bicyclic) bond motifs is 1. The van der Waals surface area contributed by atoms with Crippen LogP contribution in [0.15, 0.2) is 30.5 Å². The van der Waals surface area contributed by atoms with E-state index in [9.17, 15) is 4.79 Å². The van der Waals surface area contributed by atoms with Crippen LogP contribution < -0.4 is 5.73 Å². The van der Waals surface area contributed by atoms with Crippen molar-refractivity contribution in [3.8, 4) is 0 Å². The van der Waals surface area contributed by atoms with Crippen LogP contribution in [0.4, 0.5) is 0 Å². The second kappa shape index (κ2) is 9.28. The van der Waals surface area contributed by atoms with Crippen molar-refractivity contribution >= 4 is 16.8 Å². The first-order valence-corrected chi connectivity index (χ1v) is 6.60. The Hall–Kier alpha value is -1.77. The molecule has 1 aromatic carbocycles. The molecule has 0 bridgehead atoms. The highest BCUT2D eigenvalue weighted by Gasteiger charge is 2.03. The standard InChI is InChI=1S/C11H12N2O.2C2H6/c12-11(14)6-5-8-7-13-10-4-2-1-3-9(8)10;2*1-2/h1-4,7,13H,5-6H2,(H2,12,14);2*1-2H3. The van der Waals surface area contributed by atoms with Gasteiger partial charge >= 0.3 is 0 Å². The van der Waals surface area contributed by atoms with Crippen molar-refractivity contribution < 1.29 is 4.79 Å². The van der Waals surface area contributed by atoms with Crippen molar-refractivity contribution in [2.24, 2.45) is 5.73 Å². The number of nitrogens with two attached hydrogens (primary N) is 1. The van der Waals surface area contributed by atoms with Gasteiger partial charge in [-0.1, -0.05) is 45.9 Å². The predicted octanol–water partition coefficient (Wildman–Crippen LogP) is 3.64. The summed E-state index contributed by atoms with van der Waals surface area (Å²) in [6, 6.07) is 8.03. The molecule has 18 heavy (non-hydrogen) atoms. The van der Waals surface area contributed by atoms with Crippen molar-refractivity contribution in [3.63, 3.8) is 0 Å². The third-order valence-electron chi connectivity index (χ3n) is 2.32. The predicted molar refractivity (Wildman–Crippen MR) is 78.5 cm³/mol. The molecule has 100 valence electrons. The van der Waals surface area contributed by atoms with Crippen LogP contribution in [0.1, 0.15) is 39.7 Å². The summed E-state index contributed by atoms with van der Waals surface area (Å²) in [7, 11) is 0. The van der Waals surface area contributed by atoms with Gasteiger partial charge in [0.05, 0.1) is 0 Å². The normalized spacial score (nSPS) is 8.89. The fraction of sp³-hybridized carbons (Fsp3) is 0.400. The number of H-pyrrole nitrogens is 1. The van der Waals surface area contributed by atoms with Crippen LogP contribution in [-0.4, -0.2) is 10.9 Å². The van der Waals surface area contributed by atoms with E-state index in [1.54, 1.807) is 0 Å². The van der Waals surface area contributed by atoms with Gasteiger partial charge in [0.25, 0.3) is 0 Å². The molecule has 0 aliphatic rings. The summed E-state index contributed by atoms with van der Waals surface area (Å²) in [6.45, 7) is 8.00. The molecule has 2 aromatic rings. The number of rotatable bonds is 3. The summed E-state index contributed by atoms with van der Waals surface area (Å²) in [4.78, 5) is 13.8. The van der Waals surface area contributed by atoms with Gasteiger partial charge in [0, 0.05) is 23.5 Å². The number of amides is 1. The lowest BCUT2D eigenvalue weighted by atomic mass is 10.1. The molecule has 1 aromatic heterocycles. The lowest BCUT2D eigenvalue weighted by Gasteiger charge is -1.95. The Kier molecular flexibility index (Phi) is 8.37. The zero-order valence-corrected chi connectivity index (χ0v) is 11.8. The van der Waals surface area contributed by atoms with Gasteiger partial charge in [0.15, 0.2) is 0 Å². The Balaban J connectivity index is 0.000000659. The van der Waals surface area contributed by atoms with Crippen LogP contribution in [-0.2, 0) is 11.2 Å². The van der Waals surface area contributed by atoms with Crippen LogP contribution in [0.5, 0.6) is 0 Å². The van der Waals surface area contributed by atoms with E-state index in [-0.39, 0.29) is 5.91 Å². The highest BCUT2D eigenvalue weighted by molar-refractivity contribution is 5.83. The van der Waals surface area contributed by atoms with E-state index in [2.05, 4.69) is 4.98 Å². The minimum absolute atomic E-state index is 0.254. The fourth-order valence-corrected chi connectivity index (χ4v) is 1.60. The molecule has 0 atom stereocenters. The Morgan fingerprint density at radius 1 is 1.17 bits per heavy atom. The maximum Gasteiger partial charge on any atom is 0.217 e. The highest BCUT2D eigenvalue weighted by atomic mass is 16.1. The number of para-hydroxylation sites is 1. The molecular weight excluding hydrogens is 224 g/mol. The maximum atomic E-state index is 10.6. The zero-order chi connectivity index (χ0) is 14.0. The molecule has 1 heterocycles. The van der Waals surface area contributed by atoms with Gasteiger partial charge in [-0.2, -0.15) is 0 Å². The smallest absolute Gasteiger partial charge is 0.217 e. The van der Waals surface area contributed by atoms with Gasteiger partial charge in [-0.25, -0.2) is 0 Å². The number of nitrogens with one attached hydrogen (secondary N) is 1. The van der Waals surface area contributed by atoms with E-state index in [1.807, 2.05) is 58.2 Å². The van der Waals surface area contributed by atoms with Gasteiger partial charge in [0.1, 0.15) is 0 Å². The molecule has 3 N–H and O–H groups in total. The second-order valence-electron chi connectivity index (χ2n) is 3.33. The Labute approximate surface area is 109 Å². The number of hydrogen-bond acceptors (Lipinski definition) is 1. The largest absolute Gasteiger partial charge is 0.370 e. The summed E-state index contributed by atoms with van der Waals surface area (Å²) < 4.78 is 0. The lowest BCUT2D eigenvalue weighted by Crippen LogP contribution is -2.10. The summed E-state index contributed by atoms with van der Waals surface area (Å²) in [5.74, 6) is -0.254. The van der Waals surface area contributed by atoms with E-state index in [0.29, 0.717) is 12.8 Å². The first-order valence-electron chi connectivity index (χ1n) is 6.60. The zero-order valence-electron chi connectivity index (χ0n) is 11.8. The SMILES string of the molecule is CC.CC.NC(=O)CCc1c[nH]c2ccccc12. The quantitative estimate of drug-likeness (QED) is 0.856. The van der Waals surface area contributed by atoms with Crippen LogP contribution in [0, 0.1) is 0 Å². The Morgan fingerprint density at radius 2 is 1.78 bits per heavy atom. The topological polar surface area (TPSA) is 58.9 Å². The minimum Gasteiger partial charge on any atom is -0.370 e. The number of carbonyl (C=O) groups is 1. The summed E-state index contributed by atoms with van der Waals surface area (Å²) in [5.41, 5.74) is 7.36. The molecular formula is C15H24N2O. The number of carbonyl (C=O) groups excluding carboxylic acids is 1. The molecule has 0 aliphatic carbocycles. The third kappa shape index (κ3) is 4.62. The number of aromatic amines is 1. The van der Waals surface area contributed by atoms with Crippen LogP contribution in [0.3, 0.4) is 0 Å². The molecule has 2 rings (SSSR count). The fourth-order valence-electron chi connectivity index (χ4n) is 1.60. The van der Waals surface area contributed by atoms with Gasteiger partial charge in [0.2, 0.25) is 5.91 Å². The van der Waals surface area contributed by atoms with Crippen molar-refractivity contribution in [1.82, 2.24) is 4.98 Å². The summed E-state index contributed by atoms with van der Waals surface area (Å²) in [6.07, 6.45) is 3.05. The molecule has 0 radical (unpaired) electrons. The maximum absolute atomic E-state index is 10.6. The molecule has 0 fully saturated rings. The van der Waals surface area contributed by atoms with Crippen LogP contribution in [0.25, 0.3) is 10.9 Å². The number of aryl methyl sites for hydroxylation is 1. The first kappa shape index (κ1) is 16.2. The molecule has 3 heteroatoms. The van der Waals surface area contributed by atoms with Crippen molar-refractivity contribution in [2.45, 2.75) is 40.5 Å². The summed E-state index contributed by atoms with van der Waals surface area (Å²) >= 11 is 0. The van der Waals surface area contributed by atoms with Crippen molar-refractivity contribution in [1.29, 1.82) is 0 Å². The van der Waals surface area contributed by atoms with E-state index in [4.69, 9.17) is 5.73 Å². The van der Waals surface area contributed by atoms with Gasteiger partial charge in [-0.05, 0) is 18.1 Å². The highest BCUT2D eigenvalue weighted by Crippen LogP contribution is 2.18. The number of hydrogen-bond donors (Lipinski definition) is 2. The number of primary amides is 1. The number of aromatic nitrogens is 1. The average Bonchev–Trinajstić information content (AvgIpc) is 2.84. The summed E-state index contributed by atoms with van der Waals surface area (Å²) in [5, 5.41) is 1.17. The van der Waals surface area contributed by atoms with E-state index >= 15 is 0 Å². The van der Waals surface area contributed by atoms with E-state index in [1.165, 1.54) is 5.39 Å². The molecule has 3 nitrogen and oxygen atoms in total. The monoisotopic (exact) mass is 248 g/mol. The molecule has 0 aliphatic heterocycles. The molecule has 0 unspecified atom stereocenters. The van der Waals surface area contributed by atoms with Gasteiger partial charge in [-0.15, -0.1) is 0 Å². The molecule has 1 amide bonds.